The lowest BCUT2D eigenvalue weighted by molar-refractivity contribution is -0.123. The molecule has 2 heterocycles. The van der Waals surface area contributed by atoms with E-state index in [0.29, 0.717) is 25.9 Å². The quantitative estimate of drug-likeness (QED) is 0.780. The van der Waals surface area contributed by atoms with Gasteiger partial charge >= 0.3 is 0 Å². The molecule has 1 aromatic heterocycles. The maximum atomic E-state index is 12.9. The van der Waals surface area contributed by atoms with Gasteiger partial charge in [-0.25, -0.2) is 4.98 Å². The number of carbonyl (C=O) groups is 2. The van der Waals surface area contributed by atoms with Gasteiger partial charge in [-0.05, 0) is 25.0 Å². The van der Waals surface area contributed by atoms with Crippen LogP contribution in [0.15, 0.2) is 18.2 Å². The number of aromatic nitrogens is 1. The van der Waals surface area contributed by atoms with Gasteiger partial charge in [0, 0.05) is 19.0 Å². The van der Waals surface area contributed by atoms with Crippen molar-refractivity contribution in [3.8, 4) is 0 Å². The van der Waals surface area contributed by atoms with E-state index in [1.807, 2.05) is 0 Å². The third-order valence-corrected chi connectivity index (χ3v) is 3.12. The van der Waals surface area contributed by atoms with Gasteiger partial charge in [-0.1, -0.05) is 6.07 Å². The number of halogens is 1. The summed E-state index contributed by atoms with van der Waals surface area (Å²) in [6.07, 6.45) is 1.10. The molecule has 0 atom stereocenters. The van der Waals surface area contributed by atoms with Gasteiger partial charge in [-0.3, -0.25) is 9.59 Å². The van der Waals surface area contributed by atoms with Crippen LogP contribution in [-0.2, 0) is 4.79 Å². The zero-order valence-corrected chi connectivity index (χ0v) is 9.80. The molecule has 1 aliphatic rings. The van der Waals surface area contributed by atoms with Crippen LogP contribution in [-0.4, -0.2) is 34.8 Å². The second-order valence-electron chi connectivity index (χ2n) is 4.31. The van der Waals surface area contributed by atoms with Gasteiger partial charge in [0.15, 0.2) is 0 Å². The highest BCUT2D eigenvalue weighted by molar-refractivity contribution is 5.92. The van der Waals surface area contributed by atoms with Crippen LogP contribution >= 0.6 is 0 Å². The first-order chi connectivity index (χ1) is 8.58. The fourth-order valence-electron chi connectivity index (χ4n) is 2.06. The minimum absolute atomic E-state index is 0.0903. The smallest absolute Gasteiger partial charge is 0.272 e. The van der Waals surface area contributed by atoms with Crippen LogP contribution in [0.2, 0.25) is 0 Å². The second kappa shape index (κ2) is 5.12. The lowest BCUT2D eigenvalue weighted by Crippen LogP contribution is -2.42. The monoisotopic (exact) mass is 251 g/mol. The molecular weight excluding hydrogens is 237 g/mol. The van der Waals surface area contributed by atoms with Gasteiger partial charge in [0.1, 0.15) is 5.69 Å². The highest BCUT2D eigenvalue weighted by Crippen LogP contribution is 2.18. The predicted octanol–water partition coefficient (Wildman–Crippen LogP) is 0.558. The molecular formula is C12H14FN3O2. The molecule has 0 spiro atoms. The number of primary amides is 1. The van der Waals surface area contributed by atoms with E-state index < -0.39 is 5.95 Å². The Hall–Kier alpha value is -1.98. The fraction of sp³-hybridized carbons (Fsp3) is 0.417. The number of pyridine rings is 1. The SMILES string of the molecule is NC(=O)C1CCN(C(=O)c2cccc(F)n2)CC1. The summed E-state index contributed by atoms with van der Waals surface area (Å²) in [6, 6.07) is 4.12. The van der Waals surface area contributed by atoms with Crippen LogP contribution in [0.5, 0.6) is 0 Å². The largest absolute Gasteiger partial charge is 0.369 e. The average Bonchev–Trinajstić information content (AvgIpc) is 2.38. The fourth-order valence-corrected chi connectivity index (χ4v) is 2.06. The molecule has 0 saturated carbocycles. The van der Waals surface area contributed by atoms with Gasteiger partial charge in [-0.15, -0.1) is 0 Å². The Morgan fingerprint density at radius 2 is 2.00 bits per heavy atom. The molecule has 1 fully saturated rings. The van der Waals surface area contributed by atoms with Crippen molar-refractivity contribution < 1.29 is 14.0 Å². The minimum atomic E-state index is -0.673. The first kappa shape index (κ1) is 12.5. The van der Waals surface area contributed by atoms with E-state index in [2.05, 4.69) is 4.98 Å². The number of rotatable bonds is 2. The van der Waals surface area contributed by atoms with E-state index in [9.17, 15) is 14.0 Å². The zero-order chi connectivity index (χ0) is 13.1. The van der Waals surface area contributed by atoms with Crippen molar-refractivity contribution in [2.24, 2.45) is 11.7 Å². The molecule has 2 N–H and O–H groups in total. The van der Waals surface area contributed by atoms with Gasteiger partial charge in [0.2, 0.25) is 11.9 Å². The molecule has 0 aromatic carbocycles. The average molecular weight is 251 g/mol. The molecule has 5 nitrogen and oxygen atoms in total. The van der Waals surface area contributed by atoms with Crippen molar-refractivity contribution >= 4 is 11.8 Å². The Kier molecular flexibility index (Phi) is 3.55. The lowest BCUT2D eigenvalue weighted by Gasteiger charge is -2.30. The maximum Gasteiger partial charge on any atom is 0.272 e. The Bertz CT molecular complexity index is 470. The summed E-state index contributed by atoms with van der Waals surface area (Å²) in [5.41, 5.74) is 5.31. The maximum absolute atomic E-state index is 12.9. The van der Waals surface area contributed by atoms with E-state index in [4.69, 9.17) is 5.73 Å². The highest BCUT2D eigenvalue weighted by Gasteiger charge is 2.26. The number of piperidine rings is 1. The Morgan fingerprint density at radius 3 is 2.56 bits per heavy atom. The van der Waals surface area contributed by atoms with E-state index in [-0.39, 0.29) is 23.4 Å². The molecule has 2 amide bonds. The molecule has 1 aliphatic heterocycles. The van der Waals surface area contributed by atoms with Crippen LogP contribution in [0.25, 0.3) is 0 Å². The van der Waals surface area contributed by atoms with Crippen molar-refractivity contribution in [1.82, 2.24) is 9.88 Å². The normalized spacial score (nSPS) is 16.6. The van der Waals surface area contributed by atoms with Gasteiger partial charge in [-0.2, -0.15) is 4.39 Å². The first-order valence-electron chi connectivity index (χ1n) is 5.79. The molecule has 96 valence electrons. The lowest BCUT2D eigenvalue weighted by atomic mass is 9.96. The van der Waals surface area contributed by atoms with Crippen LogP contribution in [0.3, 0.4) is 0 Å². The van der Waals surface area contributed by atoms with E-state index in [0.717, 1.165) is 0 Å². The summed E-state index contributed by atoms with van der Waals surface area (Å²) >= 11 is 0. The number of carbonyl (C=O) groups excluding carboxylic acids is 2. The van der Waals surface area contributed by atoms with Crippen molar-refractivity contribution in [3.63, 3.8) is 0 Å². The first-order valence-corrected chi connectivity index (χ1v) is 5.79. The summed E-state index contributed by atoms with van der Waals surface area (Å²) in [5.74, 6) is -1.48. The molecule has 0 radical (unpaired) electrons. The number of nitrogens with zero attached hydrogens (tertiary/aromatic N) is 2. The van der Waals surface area contributed by atoms with Crippen LogP contribution in [0.4, 0.5) is 4.39 Å². The van der Waals surface area contributed by atoms with Gasteiger partial charge < -0.3 is 10.6 Å². The molecule has 2 rings (SSSR count). The molecule has 1 aromatic rings. The van der Waals surface area contributed by atoms with Crippen molar-refractivity contribution in [2.45, 2.75) is 12.8 Å². The molecule has 1 saturated heterocycles. The number of hydrogen-bond donors (Lipinski definition) is 1. The standard InChI is InChI=1S/C12H14FN3O2/c13-10-3-1-2-9(15-10)12(18)16-6-4-8(5-7-16)11(14)17/h1-3,8H,4-7H2,(H2,14,17). The predicted molar refractivity (Wildman–Crippen MR) is 62.0 cm³/mol. The second-order valence-corrected chi connectivity index (χ2v) is 4.31. The van der Waals surface area contributed by atoms with Gasteiger partial charge in [0.25, 0.3) is 5.91 Å². The third kappa shape index (κ3) is 2.64. The molecule has 0 unspecified atom stereocenters. The number of hydrogen-bond acceptors (Lipinski definition) is 3. The van der Waals surface area contributed by atoms with Crippen molar-refractivity contribution in [3.05, 3.63) is 29.8 Å². The van der Waals surface area contributed by atoms with E-state index in [1.54, 1.807) is 4.90 Å². The minimum Gasteiger partial charge on any atom is -0.369 e. The topological polar surface area (TPSA) is 76.3 Å². The summed E-state index contributed by atoms with van der Waals surface area (Å²) in [6.45, 7) is 0.898. The number of nitrogens with two attached hydrogens (primary N) is 1. The Balaban J connectivity index is 2.02. The number of amides is 2. The van der Waals surface area contributed by atoms with Crippen LogP contribution < -0.4 is 5.73 Å². The Morgan fingerprint density at radius 1 is 1.33 bits per heavy atom. The number of likely N-dealkylation sites (tertiary alicyclic amines) is 1. The van der Waals surface area contributed by atoms with Crippen molar-refractivity contribution in [2.75, 3.05) is 13.1 Å². The Labute approximate surface area is 104 Å². The molecule has 0 aliphatic carbocycles. The van der Waals surface area contributed by atoms with Crippen LogP contribution in [0, 0.1) is 11.9 Å². The summed E-state index contributed by atoms with van der Waals surface area (Å²) in [7, 11) is 0. The van der Waals surface area contributed by atoms with Crippen molar-refractivity contribution in [1.29, 1.82) is 0 Å². The van der Waals surface area contributed by atoms with E-state index >= 15 is 0 Å². The zero-order valence-electron chi connectivity index (χ0n) is 9.80. The summed E-state index contributed by atoms with van der Waals surface area (Å²) < 4.78 is 12.9. The highest BCUT2D eigenvalue weighted by atomic mass is 19.1. The molecule has 0 bridgehead atoms. The summed E-state index contributed by atoms with van der Waals surface area (Å²) in [5, 5.41) is 0. The molecule has 6 heteroatoms. The van der Waals surface area contributed by atoms with Gasteiger partial charge in [0.05, 0.1) is 0 Å². The van der Waals surface area contributed by atoms with E-state index in [1.165, 1.54) is 18.2 Å². The summed E-state index contributed by atoms with van der Waals surface area (Å²) in [4.78, 5) is 28.1. The third-order valence-electron chi connectivity index (χ3n) is 3.12. The molecule has 18 heavy (non-hydrogen) atoms. The van der Waals surface area contributed by atoms with Crippen LogP contribution in [0.1, 0.15) is 23.3 Å².